The summed E-state index contributed by atoms with van der Waals surface area (Å²) in [5.74, 6) is 0.524. The highest BCUT2D eigenvalue weighted by Gasteiger charge is 2.21. The van der Waals surface area contributed by atoms with E-state index in [4.69, 9.17) is 0 Å². The minimum atomic E-state index is -0.0771. The Morgan fingerprint density at radius 1 is 1.55 bits per heavy atom. The molecular formula is C14H20N6OS. The largest absolute Gasteiger partial charge is 0.302 e. The molecule has 0 aliphatic carbocycles. The van der Waals surface area contributed by atoms with Gasteiger partial charge in [0.05, 0.1) is 5.69 Å². The number of hydrogen-bond acceptors (Lipinski definition) is 6. The number of nitrogens with zero attached hydrogens (tertiary/aromatic N) is 5. The SMILES string of the molecule is CC(=O)Nc1nc(CN2CCC[C@@H](Cn3cncn3)C2)cs1. The fourth-order valence-electron chi connectivity index (χ4n) is 2.85. The Kier molecular flexibility index (Phi) is 4.79. The van der Waals surface area contributed by atoms with Crippen LogP contribution in [-0.4, -0.2) is 43.6 Å². The molecule has 0 aromatic carbocycles. The van der Waals surface area contributed by atoms with E-state index in [-0.39, 0.29) is 5.91 Å². The smallest absolute Gasteiger partial charge is 0.223 e. The second kappa shape index (κ2) is 6.97. The first-order chi connectivity index (χ1) is 10.7. The van der Waals surface area contributed by atoms with Gasteiger partial charge in [-0.25, -0.2) is 9.97 Å². The number of amides is 1. The lowest BCUT2D eigenvalue weighted by Crippen LogP contribution is -2.36. The van der Waals surface area contributed by atoms with Gasteiger partial charge in [-0.15, -0.1) is 11.3 Å². The highest BCUT2D eigenvalue weighted by molar-refractivity contribution is 7.13. The van der Waals surface area contributed by atoms with Gasteiger partial charge in [0.2, 0.25) is 5.91 Å². The van der Waals surface area contributed by atoms with Crippen LogP contribution in [0.4, 0.5) is 5.13 Å². The number of rotatable bonds is 5. The van der Waals surface area contributed by atoms with Crippen molar-refractivity contribution in [1.82, 2.24) is 24.6 Å². The normalized spacial score (nSPS) is 19.2. The summed E-state index contributed by atoms with van der Waals surface area (Å²) in [5.41, 5.74) is 1.02. The summed E-state index contributed by atoms with van der Waals surface area (Å²) in [6.45, 7) is 5.41. The van der Waals surface area contributed by atoms with Gasteiger partial charge in [0.25, 0.3) is 0 Å². The first-order valence-corrected chi connectivity index (χ1v) is 8.34. The molecule has 1 saturated heterocycles. The van der Waals surface area contributed by atoms with Crippen LogP contribution in [-0.2, 0) is 17.9 Å². The summed E-state index contributed by atoms with van der Waals surface area (Å²) >= 11 is 1.48. The summed E-state index contributed by atoms with van der Waals surface area (Å²) in [7, 11) is 0. The molecule has 3 rings (SSSR count). The summed E-state index contributed by atoms with van der Waals surface area (Å²) in [6.07, 6.45) is 5.78. The molecule has 8 heteroatoms. The number of likely N-dealkylation sites (tertiary alicyclic amines) is 1. The maximum Gasteiger partial charge on any atom is 0.223 e. The quantitative estimate of drug-likeness (QED) is 0.906. The molecule has 1 aliphatic heterocycles. The molecule has 0 saturated carbocycles. The highest BCUT2D eigenvalue weighted by atomic mass is 32.1. The maximum absolute atomic E-state index is 11.0. The second-order valence-electron chi connectivity index (χ2n) is 5.69. The Hall–Kier alpha value is -1.80. The number of anilines is 1. The van der Waals surface area contributed by atoms with Crippen LogP contribution in [0.5, 0.6) is 0 Å². The minimum Gasteiger partial charge on any atom is -0.302 e. The summed E-state index contributed by atoms with van der Waals surface area (Å²) in [4.78, 5) is 21.9. The fourth-order valence-corrected chi connectivity index (χ4v) is 3.60. The van der Waals surface area contributed by atoms with Crippen molar-refractivity contribution in [3.05, 3.63) is 23.7 Å². The number of thiazole rings is 1. The lowest BCUT2D eigenvalue weighted by Gasteiger charge is -2.32. The molecule has 3 heterocycles. The van der Waals surface area contributed by atoms with Crippen molar-refractivity contribution in [1.29, 1.82) is 0 Å². The second-order valence-corrected chi connectivity index (χ2v) is 6.54. The van der Waals surface area contributed by atoms with E-state index in [0.29, 0.717) is 11.0 Å². The van der Waals surface area contributed by atoms with Gasteiger partial charge in [0, 0.05) is 31.9 Å². The Labute approximate surface area is 133 Å². The van der Waals surface area contributed by atoms with E-state index in [9.17, 15) is 4.79 Å². The summed E-state index contributed by atoms with van der Waals surface area (Å²) < 4.78 is 1.91. The standard InChI is InChI=1S/C14H20N6OS/c1-11(21)17-14-18-13(8-22-14)7-19-4-2-3-12(5-19)6-20-10-15-9-16-20/h8-10,12H,2-7H2,1H3,(H,17,18,21)/t12-/m1/s1. The van der Waals surface area contributed by atoms with E-state index in [1.807, 2.05) is 10.1 Å². The van der Waals surface area contributed by atoms with E-state index in [2.05, 4.69) is 25.3 Å². The molecule has 0 spiro atoms. The van der Waals surface area contributed by atoms with Crippen molar-refractivity contribution in [2.45, 2.75) is 32.9 Å². The van der Waals surface area contributed by atoms with Crippen LogP contribution >= 0.6 is 11.3 Å². The Bertz CT molecular complexity index is 611. The predicted octanol–water partition coefficient (Wildman–Crippen LogP) is 1.61. The average molecular weight is 320 g/mol. The van der Waals surface area contributed by atoms with Crippen LogP contribution in [0.15, 0.2) is 18.0 Å². The van der Waals surface area contributed by atoms with Crippen molar-refractivity contribution in [3.8, 4) is 0 Å². The van der Waals surface area contributed by atoms with Crippen molar-refractivity contribution in [2.24, 2.45) is 5.92 Å². The molecule has 7 nitrogen and oxygen atoms in total. The first-order valence-electron chi connectivity index (χ1n) is 7.46. The number of piperidine rings is 1. The number of nitrogens with one attached hydrogen (secondary N) is 1. The molecule has 0 bridgehead atoms. The molecular weight excluding hydrogens is 300 g/mol. The van der Waals surface area contributed by atoms with Gasteiger partial charge in [-0.2, -0.15) is 5.10 Å². The van der Waals surface area contributed by atoms with Gasteiger partial charge >= 0.3 is 0 Å². The molecule has 0 radical (unpaired) electrons. The third-order valence-electron chi connectivity index (χ3n) is 3.74. The van der Waals surface area contributed by atoms with Gasteiger partial charge in [0.1, 0.15) is 12.7 Å². The summed E-state index contributed by atoms with van der Waals surface area (Å²) in [6, 6.07) is 0. The van der Waals surface area contributed by atoms with E-state index >= 15 is 0 Å². The number of carbonyl (C=O) groups excluding carboxylic acids is 1. The first kappa shape index (κ1) is 15.1. The van der Waals surface area contributed by atoms with Crippen molar-refractivity contribution >= 4 is 22.4 Å². The highest BCUT2D eigenvalue weighted by Crippen LogP contribution is 2.22. The number of hydrogen-bond donors (Lipinski definition) is 1. The van der Waals surface area contributed by atoms with E-state index in [1.54, 1.807) is 12.7 Å². The van der Waals surface area contributed by atoms with Crippen molar-refractivity contribution in [2.75, 3.05) is 18.4 Å². The lowest BCUT2D eigenvalue weighted by atomic mass is 9.98. The Balaban J connectivity index is 1.53. The zero-order valence-electron chi connectivity index (χ0n) is 12.6. The van der Waals surface area contributed by atoms with Gasteiger partial charge in [0.15, 0.2) is 5.13 Å². The van der Waals surface area contributed by atoms with E-state index in [0.717, 1.165) is 31.9 Å². The van der Waals surface area contributed by atoms with Crippen LogP contribution in [0.3, 0.4) is 0 Å². The molecule has 2 aromatic heterocycles. The molecule has 1 amide bonds. The molecule has 1 fully saturated rings. The number of aromatic nitrogens is 4. The topological polar surface area (TPSA) is 75.9 Å². The molecule has 0 unspecified atom stereocenters. The van der Waals surface area contributed by atoms with E-state index < -0.39 is 0 Å². The third-order valence-corrected chi connectivity index (χ3v) is 4.54. The molecule has 1 N–H and O–H groups in total. The van der Waals surface area contributed by atoms with Crippen molar-refractivity contribution in [3.63, 3.8) is 0 Å². The minimum absolute atomic E-state index is 0.0771. The predicted molar refractivity (Wildman–Crippen MR) is 84.4 cm³/mol. The molecule has 1 atom stereocenters. The van der Waals surface area contributed by atoms with Crippen molar-refractivity contribution < 1.29 is 4.79 Å². The maximum atomic E-state index is 11.0. The Morgan fingerprint density at radius 2 is 2.45 bits per heavy atom. The number of carbonyl (C=O) groups is 1. The molecule has 1 aliphatic rings. The van der Waals surface area contributed by atoms with Crippen LogP contribution in [0.2, 0.25) is 0 Å². The van der Waals surface area contributed by atoms with Crippen LogP contribution in [0.1, 0.15) is 25.5 Å². The zero-order chi connectivity index (χ0) is 15.4. The lowest BCUT2D eigenvalue weighted by molar-refractivity contribution is -0.114. The van der Waals surface area contributed by atoms with E-state index in [1.165, 1.54) is 31.1 Å². The average Bonchev–Trinajstić information content (AvgIpc) is 3.11. The van der Waals surface area contributed by atoms with Gasteiger partial charge in [-0.1, -0.05) is 0 Å². The molecule has 2 aromatic rings. The molecule has 118 valence electrons. The van der Waals surface area contributed by atoms with Crippen LogP contribution in [0, 0.1) is 5.92 Å². The fraction of sp³-hybridized carbons (Fsp3) is 0.571. The van der Waals surface area contributed by atoms with Crippen LogP contribution in [0.25, 0.3) is 0 Å². The van der Waals surface area contributed by atoms with Crippen LogP contribution < -0.4 is 5.32 Å². The molecule has 22 heavy (non-hydrogen) atoms. The third kappa shape index (κ3) is 4.11. The summed E-state index contributed by atoms with van der Waals surface area (Å²) in [5, 5.41) is 9.62. The van der Waals surface area contributed by atoms with Gasteiger partial charge in [-0.05, 0) is 25.3 Å². The van der Waals surface area contributed by atoms with Gasteiger partial charge < -0.3 is 5.32 Å². The van der Waals surface area contributed by atoms with Gasteiger partial charge in [-0.3, -0.25) is 14.4 Å². The zero-order valence-corrected chi connectivity index (χ0v) is 13.4. The monoisotopic (exact) mass is 320 g/mol. The Morgan fingerprint density at radius 3 is 3.23 bits per heavy atom.